The average molecular weight is 140 g/mol. The molecular weight excluding hydrogens is 120 g/mol. The van der Waals surface area contributed by atoms with Gasteiger partial charge in [0.05, 0.1) is 0 Å². The van der Waals surface area contributed by atoms with Gasteiger partial charge in [-0.25, -0.2) is 0 Å². The van der Waals surface area contributed by atoms with Gasteiger partial charge in [-0.3, -0.25) is 0 Å². The zero-order chi connectivity index (χ0) is 7.94. The summed E-state index contributed by atoms with van der Waals surface area (Å²) in [6.45, 7) is 11.9. The van der Waals surface area contributed by atoms with Crippen molar-refractivity contribution >= 4 is 0 Å². The Labute approximate surface area is 65.0 Å². The molecule has 0 heteroatoms. The molecule has 0 amide bonds. The summed E-state index contributed by atoms with van der Waals surface area (Å²) in [5.41, 5.74) is 0.619. The molecule has 1 aliphatic carbocycles. The fourth-order valence-corrected chi connectivity index (χ4v) is 2.32. The molecule has 0 radical (unpaired) electrons. The molecule has 0 bridgehead atoms. The van der Waals surface area contributed by atoms with Crippen molar-refractivity contribution in [3.63, 3.8) is 0 Å². The standard InChI is InChI=1S/C10H20/c1-7(2)9-6-8(3)10(9,4)5/h7-9H,6H2,1-5H3. The topological polar surface area (TPSA) is 0 Å². The van der Waals surface area contributed by atoms with E-state index in [2.05, 4.69) is 34.6 Å². The van der Waals surface area contributed by atoms with Crippen molar-refractivity contribution in [1.29, 1.82) is 0 Å². The fourth-order valence-electron chi connectivity index (χ4n) is 2.32. The molecule has 2 atom stereocenters. The van der Waals surface area contributed by atoms with E-state index in [4.69, 9.17) is 0 Å². The molecule has 0 aliphatic heterocycles. The quantitative estimate of drug-likeness (QED) is 0.524. The summed E-state index contributed by atoms with van der Waals surface area (Å²) in [5, 5.41) is 0. The van der Waals surface area contributed by atoms with Crippen LogP contribution in [0.25, 0.3) is 0 Å². The minimum Gasteiger partial charge on any atom is -0.0625 e. The van der Waals surface area contributed by atoms with Crippen LogP contribution in [0.2, 0.25) is 0 Å². The third-order valence-corrected chi connectivity index (χ3v) is 3.64. The SMILES string of the molecule is CC(C)C1CC(C)C1(C)C. The third-order valence-electron chi connectivity index (χ3n) is 3.64. The van der Waals surface area contributed by atoms with E-state index in [9.17, 15) is 0 Å². The van der Waals surface area contributed by atoms with Crippen molar-refractivity contribution in [3.05, 3.63) is 0 Å². The molecule has 0 N–H and O–H groups in total. The van der Waals surface area contributed by atoms with E-state index in [1.807, 2.05) is 0 Å². The fraction of sp³-hybridized carbons (Fsp3) is 1.00. The van der Waals surface area contributed by atoms with Gasteiger partial charge in [0.15, 0.2) is 0 Å². The predicted molar refractivity (Wildman–Crippen MR) is 45.9 cm³/mol. The lowest BCUT2D eigenvalue weighted by atomic mass is 9.52. The molecule has 0 aromatic rings. The summed E-state index contributed by atoms with van der Waals surface area (Å²) < 4.78 is 0. The van der Waals surface area contributed by atoms with Gasteiger partial charge in [-0.15, -0.1) is 0 Å². The van der Waals surface area contributed by atoms with E-state index in [-0.39, 0.29) is 0 Å². The van der Waals surface area contributed by atoms with Crippen molar-refractivity contribution in [2.45, 2.75) is 41.0 Å². The number of hydrogen-bond donors (Lipinski definition) is 0. The first kappa shape index (κ1) is 8.10. The Bertz CT molecular complexity index is 122. The van der Waals surface area contributed by atoms with Gasteiger partial charge in [-0.2, -0.15) is 0 Å². The van der Waals surface area contributed by atoms with Gasteiger partial charge in [0, 0.05) is 0 Å². The molecule has 1 rings (SSSR count). The summed E-state index contributed by atoms with van der Waals surface area (Å²) in [5.74, 6) is 2.80. The maximum atomic E-state index is 2.41. The molecule has 0 nitrogen and oxygen atoms in total. The van der Waals surface area contributed by atoms with Crippen molar-refractivity contribution in [1.82, 2.24) is 0 Å². The van der Waals surface area contributed by atoms with Gasteiger partial charge < -0.3 is 0 Å². The summed E-state index contributed by atoms with van der Waals surface area (Å²) in [7, 11) is 0. The first-order chi connectivity index (χ1) is 4.46. The van der Waals surface area contributed by atoms with Crippen LogP contribution in [0, 0.1) is 23.2 Å². The Hall–Kier alpha value is 0. The zero-order valence-electron chi connectivity index (χ0n) is 7.94. The van der Waals surface area contributed by atoms with E-state index in [0.717, 1.165) is 17.8 Å². The third kappa shape index (κ3) is 0.980. The summed E-state index contributed by atoms with van der Waals surface area (Å²) in [4.78, 5) is 0. The smallest absolute Gasteiger partial charge is 0.0298 e. The second-order valence-electron chi connectivity index (χ2n) is 4.81. The van der Waals surface area contributed by atoms with Gasteiger partial charge in [0.25, 0.3) is 0 Å². The monoisotopic (exact) mass is 140 g/mol. The van der Waals surface area contributed by atoms with Crippen molar-refractivity contribution in [2.24, 2.45) is 23.2 Å². The molecule has 0 aromatic carbocycles. The summed E-state index contributed by atoms with van der Waals surface area (Å²) in [6.07, 6.45) is 1.45. The zero-order valence-corrected chi connectivity index (χ0v) is 7.94. The maximum Gasteiger partial charge on any atom is -0.0298 e. The van der Waals surface area contributed by atoms with Crippen LogP contribution in [0.5, 0.6) is 0 Å². The number of hydrogen-bond acceptors (Lipinski definition) is 0. The van der Waals surface area contributed by atoms with Crippen LogP contribution in [0.3, 0.4) is 0 Å². The molecule has 10 heavy (non-hydrogen) atoms. The van der Waals surface area contributed by atoms with Crippen LogP contribution in [0.1, 0.15) is 41.0 Å². The van der Waals surface area contributed by atoms with Crippen molar-refractivity contribution in [3.8, 4) is 0 Å². The van der Waals surface area contributed by atoms with E-state index < -0.39 is 0 Å². The molecule has 1 aliphatic rings. The highest BCUT2D eigenvalue weighted by molar-refractivity contribution is 4.95. The minimum absolute atomic E-state index is 0.619. The normalized spacial score (nSPS) is 37.8. The summed E-state index contributed by atoms with van der Waals surface area (Å²) >= 11 is 0. The average Bonchev–Trinajstić information content (AvgIpc) is 1.82. The molecule has 1 fully saturated rings. The van der Waals surface area contributed by atoms with Crippen molar-refractivity contribution in [2.75, 3.05) is 0 Å². The second-order valence-corrected chi connectivity index (χ2v) is 4.81. The van der Waals surface area contributed by atoms with Crippen LogP contribution in [-0.4, -0.2) is 0 Å². The first-order valence-electron chi connectivity index (χ1n) is 4.46. The van der Waals surface area contributed by atoms with Crippen LogP contribution < -0.4 is 0 Å². The Balaban J connectivity index is 2.55. The molecule has 0 spiro atoms. The molecule has 2 unspecified atom stereocenters. The van der Waals surface area contributed by atoms with Crippen LogP contribution in [0.15, 0.2) is 0 Å². The molecule has 1 saturated carbocycles. The first-order valence-corrected chi connectivity index (χ1v) is 4.46. The molecular formula is C10H20. The van der Waals surface area contributed by atoms with E-state index >= 15 is 0 Å². The lowest BCUT2D eigenvalue weighted by Crippen LogP contribution is -2.45. The Morgan fingerprint density at radius 3 is 1.90 bits per heavy atom. The second kappa shape index (κ2) is 2.25. The molecule has 0 saturated heterocycles. The van der Waals surface area contributed by atoms with E-state index in [0.29, 0.717) is 5.41 Å². The predicted octanol–water partition coefficient (Wildman–Crippen LogP) is 3.32. The van der Waals surface area contributed by atoms with Crippen molar-refractivity contribution < 1.29 is 0 Å². The van der Waals surface area contributed by atoms with E-state index in [1.54, 1.807) is 0 Å². The Morgan fingerprint density at radius 2 is 1.80 bits per heavy atom. The van der Waals surface area contributed by atoms with Gasteiger partial charge in [0.1, 0.15) is 0 Å². The van der Waals surface area contributed by atoms with Crippen LogP contribution in [-0.2, 0) is 0 Å². The summed E-state index contributed by atoms with van der Waals surface area (Å²) in [6, 6.07) is 0. The van der Waals surface area contributed by atoms with Gasteiger partial charge >= 0.3 is 0 Å². The molecule has 0 heterocycles. The lowest BCUT2D eigenvalue weighted by Gasteiger charge is -2.53. The minimum atomic E-state index is 0.619. The maximum absolute atomic E-state index is 2.41. The van der Waals surface area contributed by atoms with Gasteiger partial charge in [0.2, 0.25) is 0 Å². The van der Waals surface area contributed by atoms with Crippen LogP contribution in [0.4, 0.5) is 0 Å². The lowest BCUT2D eigenvalue weighted by molar-refractivity contribution is -0.0375. The van der Waals surface area contributed by atoms with Crippen LogP contribution >= 0.6 is 0 Å². The highest BCUT2D eigenvalue weighted by Crippen LogP contribution is 2.53. The molecule has 0 aromatic heterocycles. The Morgan fingerprint density at radius 1 is 1.30 bits per heavy atom. The highest BCUT2D eigenvalue weighted by atomic mass is 14.5. The highest BCUT2D eigenvalue weighted by Gasteiger charge is 2.46. The number of rotatable bonds is 1. The molecule has 60 valence electrons. The largest absolute Gasteiger partial charge is 0.0625 e. The Kier molecular flexibility index (Phi) is 1.82. The van der Waals surface area contributed by atoms with E-state index in [1.165, 1.54) is 6.42 Å². The van der Waals surface area contributed by atoms with Gasteiger partial charge in [-0.05, 0) is 29.6 Å². The van der Waals surface area contributed by atoms with Gasteiger partial charge in [-0.1, -0.05) is 34.6 Å².